The number of hydrogen-bond acceptors (Lipinski definition) is 5. The minimum Gasteiger partial charge on any atom is -0.497 e. The number of nitrogens with zero attached hydrogens (tertiary/aromatic N) is 2. The summed E-state index contributed by atoms with van der Waals surface area (Å²) in [6.45, 7) is 7.30. The Labute approximate surface area is 207 Å². The summed E-state index contributed by atoms with van der Waals surface area (Å²) in [6, 6.07) is 26.9. The Hall–Kier alpha value is -3.64. The summed E-state index contributed by atoms with van der Waals surface area (Å²) in [5.74, 6) is 0.456. The Morgan fingerprint density at radius 2 is 1.31 bits per heavy atom. The van der Waals surface area contributed by atoms with Gasteiger partial charge >= 0.3 is 6.09 Å². The van der Waals surface area contributed by atoms with Gasteiger partial charge in [0.25, 0.3) is 0 Å². The van der Waals surface area contributed by atoms with Crippen molar-refractivity contribution in [1.29, 1.82) is 0 Å². The number of ether oxygens (including phenoxy) is 2. The van der Waals surface area contributed by atoms with E-state index in [1.807, 2.05) is 57.2 Å². The van der Waals surface area contributed by atoms with E-state index >= 15 is 0 Å². The molecule has 0 radical (unpaired) electrons. The lowest BCUT2D eigenvalue weighted by atomic mass is 9.72. The Kier molecular flexibility index (Phi) is 7.22. The van der Waals surface area contributed by atoms with Crippen molar-refractivity contribution in [3.05, 3.63) is 96.1 Å². The van der Waals surface area contributed by atoms with Gasteiger partial charge in [-0.2, -0.15) is 0 Å². The molecule has 0 N–H and O–H groups in total. The highest BCUT2D eigenvalue weighted by atomic mass is 16.6. The smallest absolute Gasteiger partial charge is 0.423 e. The molecule has 1 fully saturated rings. The first-order valence-electron chi connectivity index (χ1n) is 11.8. The Bertz CT molecular complexity index is 1100. The summed E-state index contributed by atoms with van der Waals surface area (Å²) in [5.41, 5.74) is 1.89. The van der Waals surface area contributed by atoms with E-state index in [9.17, 15) is 9.59 Å². The van der Waals surface area contributed by atoms with Crippen LogP contribution in [0, 0.1) is 11.3 Å². The summed E-state index contributed by atoms with van der Waals surface area (Å²) in [7, 11) is 1.57. The van der Waals surface area contributed by atoms with Crippen molar-refractivity contribution >= 4 is 12.0 Å². The second kappa shape index (κ2) is 10.3. The van der Waals surface area contributed by atoms with Crippen molar-refractivity contribution in [3.8, 4) is 11.5 Å². The number of likely N-dealkylation sites (tertiary alicyclic amines) is 1. The molecule has 4 rings (SSSR count). The molecule has 0 spiro atoms. The molecule has 1 aliphatic heterocycles. The van der Waals surface area contributed by atoms with E-state index in [0.29, 0.717) is 24.6 Å². The molecular formula is C29H32N2O4. The number of carbonyl (C=O) groups is 2. The van der Waals surface area contributed by atoms with Gasteiger partial charge in [-0.15, -0.1) is 0 Å². The molecule has 3 aromatic rings. The van der Waals surface area contributed by atoms with Crippen molar-refractivity contribution in [2.24, 2.45) is 11.3 Å². The highest BCUT2D eigenvalue weighted by Crippen LogP contribution is 2.43. The summed E-state index contributed by atoms with van der Waals surface area (Å²) < 4.78 is 10.8. The van der Waals surface area contributed by atoms with Crippen LogP contribution in [0.5, 0.6) is 11.5 Å². The Morgan fingerprint density at radius 3 is 1.77 bits per heavy atom. The second-order valence-electron chi connectivity index (χ2n) is 9.89. The highest BCUT2D eigenvalue weighted by Gasteiger charge is 2.58. The molecule has 3 aromatic carbocycles. The maximum atomic E-state index is 13.3. The van der Waals surface area contributed by atoms with Crippen LogP contribution in [0.25, 0.3) is 0 Å². The number of amides is 2. The lowest BCUT2D eigenvalue weighted by molar-refractivity contribution is -0.176. The molecule has 6 nitrogen and oxygen atoms in total. The van der Waals surface area contributed by atoms with E-state index in [4.69, 9.17) is 9.47 Å². The van der Waals surface area contributed by atoms with Gasteiger partial charge in [-0.1, -0.05) is 81.4 Å². The number of benzene rings is 3. The summed E-state index contributed by atoms with van der Waals surface area (Å²) >= 11 is 0. The average Bonchev–Trinajstić information content (AvgIpc) is 2.83. The van der Waals surface area contributed by atoms with Crippen LogP contribution in [0.15, 0.2) is 84.9 Å². The number of methoxy groups -OCH3 is 1. The van der Waals surface area contributed by atoms with Crippen molar-refractivity contribution < 1.29 is 19.1 Å². The molecule has 1 aliphatic rings. The molecule has 0 aliphatic carbocycles. The van der Waals surface area contributed by atoms with Crippen LogP contribution in [0.4, 0.5) is 4.79 Å². The van der Waals surface area contributed by atoms with Gasteiger partial charge in [0.1, 0.15) is 17.7 Å². The summed E-state index contributed by atoms with van der Waals surface area (Å²) in [4.78, 5) is 30.1. The maximum Gasteiger partial charge on any atom is 0.423 e. The van der Waals surface area contributed by atoms with Gasteiger partial charge in [-0.05, 0) is 40.8 Å². The Balaban J connectivity index is 1.65. The number of carbonyl (C=O) groups excluding carboxylic acids is 2. The molecule has 182 valence electrons. The van der Waals surface area contributed by atoms with Crippen LogP contribution in [-0.4, -0.2) is 35.1 Å². The first kappa shape index (κ1) is 24.5. The molecule has 1 saturated heterocycles. The standard InChI is InChI=1S/C29H32N2O4/c1-29(2,3)25-26(31(27(25)32)28(33)35-24-17-15-23(34-4)16-18-24)30(19-21-11-7-5-8-12-21)20-22-13-9-6-10-14-22/h5-18,25-26H,19-20H2,1-4H3. The number of rotatable bonds is 7. The molecular weight excluding hydrogens is 440 g/mol. The van der Waals surface area contributed by atoms with Gasteiger partial charge < -0.3 is 9.47 Å². The first-order chi connectivity index (χ1) is 16.8. The molecule has 0 bridgehead atoms. The molecule has 6 heteroatoms. The quantitative estimate of drug-likeness (QED) is 0.411. The fourth-order valence-corrected chi connectivity index (χ4v) is 4.54. The first-order valence-corrected chi connectivity index (χ1v) is 11.8. The number of imide groups is 1. The van der Waals surface area contributed by atoms with E-state index in [-0.39, 0.29) is 17.2 Å². The maximum absolute atomic E-state index is 13.3. The number of hydrogen-bond donors (Lipinski definition) is 0. The third-order valence-corrected chi connectivity index (χ3v) is 6.29. The van der Waals surface area contributed by atoms with Crippen LogP contribution < -0.4 is 9.47 Å². The molecule has 35 heavy (non-hydrogen) atoms. The highest BCUT2D eigenvalue weighted by molar-refractivity contribution is 6.00. The van der Waals surface area contributed by atoms with Crippen LogP contribution in [-0.2, 0) is 17.9 Å². The van der Waals surface area contributed by atoms with Gasteiger partial charge in [0.05, 0.1) is 13.0 Å². The zero-order chi connectivity index (χ0) is 25.0. The monoisotopic (exact) mass is 472 g/mol. The average molecular weight is 473 g/mol. The van der Waals surface area contributed by atoms with E-state index in [1.165, 1.54) is 4.90 Å². The summed E-state index contributed by atoms with van der Waals surface area (Å²) in [6.07, 6.45) is -1.11. The van der Waals surface area contributed by atoms with Gasteiger partial charge in [0.2, 0.25) is 5.91 Å². The second-order valence-corrected chi connectivity index (χ2v) is 9.89. The van der Waals surface area contributed by atoms with Crippen LogP contribution in [0.1, 0.15) is 31.9 Å². The number of β-lactam (4-membered cyclic amide) rings is 1. The predicted molar refractivity (Wildman–Crippen MR) is 135 cm³/mol. The molecule has 2 unspecified atom stereocenters. The van der Waals surface area contributed by atoms with Crippen LogP contribution in [0.2, 0.25) is 0 Å². The minimum atomic E-state index is -0.670. The van der Waals surface area contributed by atoms with Crippen molar-refractivity contribution in [2.75, 3.05) is 7.11 Å². The molecule has 1 heterocycles. The summed E-state index contributed by atoms with van der Waals surface area (Å²) in [5, 5.41) is 0. The fourth-order valence-electron chi connectivity index (χ4n) is 4.54. The largest absolute Gasteiger partial charge is 0.497 e. The van der Waals surface area contributed by atoms with Gasteiger partial charge in [-0.25, -0.2) is 9.69 Å². The lowest BCUT2D eigenvalue weighted by Crippen LogP contribution is -2.72. The van der Waals surface area contributed by atoms with Gasteiger partial charge in [0, 0.05) is 13.1 Å². The van der Waals surface area contributed by atoms with E-state index in [1.54, 1.807) is 31.4 Å². The molecule has 2 atom stereocenters. The van der Waals surface area contributed by atoms with Crippen molar-refractivity contribution in [2.45, 2.75) is 40.0 Å². The predicted octanol–water partition coefficient (Wildman–Crippen LogP) is 5.73. The zero-order valence-electron chi connectivity index (χ0n) is 20.7. The zero-order valence-corrected chi connectivity index (χ0v) is 20.7. The van der Waals surface area contributed by atoms with Crippen molar-refractivity contribution in [3.63, 3.8) is 0 Å². The van der Waals surface area contributed by atoms with Crippen molar-refractivity contribution in [1.82, 2.24) is 9.80 Å². The third-order valence-electron chi connectivity index (χ3n) is 6.29. The molecule has 0 aromatic heterocycles. The third kappa shape index (κ3) is 5.54. The minimum absolute atomic E-state index is 0.216. The molecule has 0 saturated carbocycles. The normalized spacial score (nSPS) is 17.7. The SMILES string of the molecule is COc1ccc(OC(=O)N2C(=O)C(C(C)(C)C)C2N(Cc2ccccc2)Cc2ccccc2)cc1. The van der Waals surface area contributed by atoms with E-state index in [2.05, 4.69) is 29.2 Å². The lowest BCUT2D eigenvalue weighted by Gasteiger charge is -2.54. The van der Waals surface area contributed by atoms with Crippen LogP contribution in [0.3, 0.4) is 0 Å². The van der Waals surface area contributed by atoms with E-state index in [0.717, 1.165) is 11.1 Å². The van der Waals surface area contributed by atoms with Crippen LogP contribution >= 0.6 is 0 Å². The van der Waals surface area contributed by atoms with Gasteiger partial charge in [0.15, 0.2) is 0 Å². The topological polar surface area (TPSA) is 59.1 Å². The Morgan fingerprint density at radius 1 is 0.829 bits per heavy atom. The molecule has 2 amide bonds. The van der Waals surface area contributed by atoms with Gasteiger partial charge in [-0.3, -0.25) is 9.69 Å². The fraction of sp³-hybridized carbons (Fsp3) is 0.310. The van der Waals surface area contributed by atoms with E-state index < -0.39 is 12.3 Å².